The molecule has 0 saturated heterocycles. The Morgan fingerprint density at radius 2 is 1.30 bits per heavy atom. The lowest BCUT2D eigenvalue weighted by atomic mass is 10.1. The van der Waals surface area contributed by atoms with E-state index in [0.717, 1.165) is 0 Å². The molecule has 0 saturated carbocycles. The van der Waals surface area contributed by atoms with E-state index >= 15 is 0 Å². The number of anilines is 3. The molecule has 0 aliphatic heterocycles. The molecule has 7 nitrogen and oxygen atoms in total. The fourth-order valence-corrected chi connectivity index (χ4v) is 4.32. The van der Waals surface area contributed by atoms with Crippen LogP contribution in [0, 0.1) is 0 Å². The number of nitrogens with zero attached hydrogens (tertiary/aromatic N) is 1. The maximum atomic E-state index is 12.7. The molecule has 1 aromatic carbocycles. The third-order valence-corrected chi connectivity index (χ3v) is 6.28. The van der Waals surface area contributed by atoms with E-state index in [0.29, 0.717) is 26.3 Å². The summed E-state index contributed by atoms with van der Waals surface area (Å²) in [4.78, 5) is 42.7. The first-order valence-electron chi connectivity index (χ1n) is 8.64. The van der Waals surface area contributed by atoms with Gasteiger partial charge in [0.1, 0.15) is 0 Å². The fourth-order valence-electron chi connectivity index (χ4n) is 2.56. The van der Waals surface area contributed by atoms with Crippen LogP contribution in [0.25, 0.3) is 0 Å². The lowest BCUT2D eigenvalue weighted by Gasteiger charge is -2.11. The van der Waals surface area contributed by atoms with E-state index in [-0.39, 0.29) is 17.4 Å². The van der Waals surface area contributed by atoms with Gasteiger partial charge in [-0.15, -0.1) is 34.0 Å². The van der Waals surface area contributed by atoms with Crippen LogP contribution in [0.3, 0.4) is 0 Å². The maximum absolute atomic E-state index is 12.7. The molecule has 0 atom stereocenters. The van der Waals surface area contributed by atoms with Crippen LogP contribution >= 0.6 is 34.0 Å². The van der Waals surface area contributed by atoms with E-state index in [1.807, 2.05) is 0 Å². The Morgan fingerprint density at radius 1 is 0.700 bits per heavy atom. The Labute approximate surface area is 183 Å². The van der Waals surface area contributed by atoms with Crippen molar-refractivity contribution in [3.63, 3.8) is 0 Å². The molecule has 4 aromatic rings. The second-order valence-electron chi connectivity index (χ2n) is 5.95. The van der Waals surface area contributed by atoms with E-state index in [1.54, 1.807) is 64.8 Å². The molecule has 30 heavy (non-hydrogen) atoms. The van der Waals surface area contributed by atoms with Crippen molar-refractivity contribution < 1.29 is 14.4 Å². The number of rotatable bonds is 6. The van der Waals surface area contributed by atoms with Gasteiger partial charge < -0.3 is 10.6 Å². The zero-order valence-corrected chi connectivity index (χ0v) is 17.7. The minimum Gasteiger partial charge on any atom is -0.321 e. The minimum atomic E-state index is -0.399. The van der Waals surface area contributed by atoms with Gasteiger partial charge in [0.15, 0.2) is 5.13 Å². The van der Waals surface area contributed by atoms with Gasteiger partial charge in [0, 0.05) is 28.5 Å². The normalized spacial score (nSPS) is 10.4. The van der Waals surface area contributed by atoms with E-state index in [9.17, 15) is 14.4 Å². The van der Waals surface area contributed by atoms with Crippen LogP contribution in [-0.2, 0) is 0 Å². The number of thiazole rings is 1. The van der Waals surface area contributed by atoms with Gasteiger partial charge in [-0.1, -0.05) is 12.1 Å². The van der Waals surface area contributed by atoms with Crippen LogP contribution in [0.5, 0.6) is 0 Å². The molecule has 0 radical (unpaired) electrons. The molecule has 0 aliphatic rings. The lowest BCUT2D eigenvalue weighted by Crippen LogP contribution is -2.16. The van der Waals surface area contributed by atoms with Gasteiger partial charge in [0.05, 0.1) is 9.75 Å². The number of thiophene rings is 2. The highest BCUT2D eigenvalue weighted by Gasteiger charge is 2.15. The number of benzene rings is 1. The quantitative estimate of drug-likeness (QED) is 0.381. The topological polar surface area (TPSA) is 100 Å². The Hall–Kier alpha value is -3.34. The summed E-state index contributed by atoms with van der Waals surface area (Å²) in [5.74, 6) is -0.986. The van der Waals surface area contributed by atoms with E-state index in [2.05, 4.69) is 20.9 Å². The smallest absolute Gasteiger partial charge is 0.265 e. The van der Waals surface area contributed by atoms with Gasteiger partial charge in [-0.25, -0.2) is 4.98 Å². The van der Waals surface area contributed by atoms with Gasteiger partial charge in [0.25, 0.3) is 17.7 Å². The summed E-state index contributed by atoms with van der Waals surface area (Å²) in [5, 5.41) is 14.1. The molecular weight excluding hydrogens is 440 g/mol. The number of hydrogen-bond acceptors (Lipinski definition) is 7. The monoisotopic (exact) mass is 454 g/mol. The highest BCUT2D eigenvalue weighted by atomic mass is 32.1. The number of amides is 3. The van der Waals surface area contributed by atoms with Gasteiger partial charge in [0.2, 0.25) is 0 Å². The second kappa shape index (κ2) is 8.99. The molecule has 150 valence electrons. The van der Waals surface area contributed by atoms with Crippen LogP contribution < -0.4 is 16.0 Å². The predicted molar refractivity (Wildman–Crippen MR) is 121 cm³/mol. The number of aromatic nitrogens is 1. The summed E-state index contributed by atoms with van der Waals surface area (Å²) in [7, 11) is 0. The highest BCUT2D eigenvalue weighted by molar-refractivity contribution is 7.13. The number of hydrogen-bond donors (Lipinski definition) is 3. The summed E-state index contributed by atoms with van der Waals surface area (Å²) in [6.45, 7) is 0. The second-order valence-corrected chi connectivity index (χ2v) is 8.74. The van der Waals surface area contributed by atoms with Crippen LogP contribution in [0.2, 0.25) is 0 Å². The van der Waals surface area contributed by atoms with Crippen molar-refractivity contribution in [1.29, 1.82) is 0 Å². The third kappa shape index (κ3) is 4.79. The van der Waals surface area contributed by atoms with Crippen LogP contribution in [-0.4, -0.2) is 22.7 Å². The van der Waals surface area contributed by atoms with Crippen molar-refractivity contribution in [2.24, 2.45) is 0 Å². The zero-order valence-electron chi connectivity index (χ0n) is 15.2. The van der Waals surface area contributed by atoms with Gasteiger partial charge in [-0.2, -0.15) is 0 Å². The minimum absolute atomic E-state index is 0.274. The lowest BCUT2D eigenvalue weighted by molar-refractivity contribution is 0.101. The van der Waals surface area contributed by atoms with Crippen molar-refractivity contribution >= 4 is 68.2 Å². The number of carbonyl (C=O) groups excluding carboxylic acids is 3. The molecule has 4 rings (SSSR count). The Bertz CT molecular complexity index is 1100. The maximum Gasteiger partial charge on any atom is 0.265 e. The van der Waals surface area contributed by atoms with E-state index in [1.165, 1.54) is 34.0 Å². The first-order chi connectivity index (χ1) is 14.6. The van der Waals surface area contributed by atoms with Gasteiger partial charge in [-0.3, -0.25) is 19.7 Å². The van der Waals surface area contributed by atoms with Crippen LogP contribution in [0.1, 0.15) is 29.7 Å². The third-order valence-electron chi connectivity index (χ3n) is 3.85. The Balaban J connectivity index is 1.61. The highest BCUT2D eigenvalue weighted by Crippen LogP contribution is 2.23. The summed E-state index contributed by atoms with van der Waals surface area (Å²) < 4.78 is 0. The number of carbonyl (C=O) groups is 3. The summed E-state index contributed by atoms with van der Waals surface area (Å²) in [5.41, 5.74) is 1.05. The van der Waals surface area contributed by atoms with Gasteiger partial charge in [-0.05, 0) is 41.1 Å². The average Bonchev–Trinajstić information content (AvgIpc) is 3.50. The molecule has 0 spiro atoms. The molecule has 0 aliphatic carbocycles. The van der Waals surface area contributed by atoms with Gasteiger partial charge >= 0.3 is 0 Å². The van der Waals surface area contributed by atoms with Crippen molar-refractivity contribution in [3.8, 4) is 0 Å². The van der Waals surface area contributed by atoms with Crippen molar-refractivity contribution in [2.45, 2.75) is 0 Å². The molecule has 3 aromatic heterocycles. The van der Waals surface area contributed by atoms with E-state index in [4.69, 9.17) is 0 Å². The summed E-state index contributed by atoms with van der Waals surface area (Å²) >= 11 is 3.91. The average molecular weight is 455 g/mol. The first kappa shape index (κ1) is 20.0. The molecule has 0 fully saturated rings. The number of nitrogens with one attached hydrogen (secondary N) is 3. The zero-order chi connectivity index (χ0) is 20.9. The molecule has 0 unspecified atom stereocenters. The molecular formula is C20H14N4O3S3. The van der Waals surface area contributed by atoms with Crippen LogP contribution in [0.15, 0.2) is 64.8 Å². The molecule has 0 bridgehead atoms. The fraction of sp³-hybridized carbons (Fsp3) is 0. The van der Waals surface area contributed by atoms with Crippen molar-refractivity contribution in [3.05, 3.63) is 80.1 Å². The van der Waals surface area contributed by atoms with E-state index < -0.39 is 5.91 Å². The van der Waals surface area contributed by atoms with Crippen LogP contribution in [0.4, 0.5) is 16.5 Å². The molecule has 3 N–H and O–H groups in total. The first-order valence-corrected chi connectivity index (χ1v) is 11.3. The van der Waals surface area contributed by atoms with Crippen molar-refractivity contribution in [2.75, 3.05) is 16.0 Å². The molecule has 3 amide bonds. The standard InChI is InChI=1S/C20H14N4O3S3/c25-17(24-20-21-5-8-30-20)12-9-13(22-18(26)15-3-1-6-28-15)11-14(10-12)23-19(27)16-4-2-7-29-16/h1-11H,(H,22,26)(H,23,27)(H,21,24,25). The van der Waals surface area contributed by atoms with Crippen molar-refractivity contribution in [1.82, 2.24) is 4.98 Å². The summed E-state index contributed by atoms with van der Waals surface area (Å²) in [6, 6.07) is 11.7. The summed E-state index contributed by atoms with van der Waals surface area (Å²) in [6.07, 6.45) is 1.59. The molecule has 10 heteroatoms. The molecule has 3 heterocycles. The Morgan fingerprint density at radius 3 is 1.77 bits per heavy atom. The Kier molecular flexibility index (Phi) is 5.98. The predicted octanol–water partition coefficient (Wildman–Crippen LogP) is 5.02. The largest absolute Gasteiger partial charge is 0.321 e. The SMILES string of the molecule is O=C(Nc1nccs1)c1cc(NC(=O)c2cccs2)cc(NC(=O)c2cccs2)c1.